The van der Waals surface area contributed by atoms with E-state index in [0.717, 1.165) is 23.6 Å². The van der Waals surface area contributed by atoms with E-state index in [4.69, 9.17) is 0 Å². The van der Waals surface area contributed by atoms with Crippen molar-refractivity contribution >= 4 is 28.4 Å². The van der Waals surface area contributed by atoms with Crippen LogP contribution >= 0.6 is 0 Å². The number of amides is 1. The summed E-state index contributed by atoms with van der Waals surface area (Å²) in [5, 5.41) is 5.46. The first-order valence-electron chi connectivity index (χ1n) is 8.65. The molecule has 1 amide bonds. The lowest BCUT2D eigenvalue weighted by Crippen LogP contribution is -2.31. The van der Waals surface area contributed by atoms with Crippen molar-refractivity contribution in [2.75, 3.05) is 16.8 Å². The monoisotopic (exact) mass is 332 g/mol. The van der Waals surface area contributed by atoms with Gasteiger partial charge in [0.25, 0.3) is 5.91 Å². The summed E-state index contributed by atoms with van der Waals surface area (Å²) >= 11 is 0. The summed E-state index contributed by atoms with van der Waals surface area (Å²) < 4.78 is 0. The molecule has 3 aromatic rings. The molecule has 1 N–H and O–H groups in total. The molecule has 0 spiro atoms. The molecule has 126 valence electrons. The number of hydrogen-bond donors (Lipinski definition) is 1. The largest absolute Gasteiger partial charge is 0.351 e. The Morgan fingerprint density at radius 2 is 1.96 bits per heavy atom. The van der Waals surface area contributed by atoms with Crippen molar-refractivity contribution in [1.82, 2.24) is 9.97 Å². The lowest BCUT2D eigenvalue weighted by molar-refractivity contribution is 0.0987. The summed E-state index contributed by atoms with van der Waals surface area (Å²) in [5.41, 5.74) is 0.663. The number of nitrogens with zero attached hydrogens (tertiary/aromatic N) is 3. The van der Waals surface area contributed by atoms with Gasteiger partial charge in [0.1, 0.15) is 5.82 Å². The minimum atomic E-state index is -0.0516. The molecule has 1 fully saturated rings. The maximum absolute atomic E-state index is 13.0. The molecule has 1 saturated carbocycles. The van der Waals surface area contributed by atoms with E-state index in [1.807, 2.05) is 49.4 Å². The topological polar surface area (TPSA) is 58.1 Å². The van der Waals surface area contributed by atoms with Crippen LogP contribution in [0.4, 0.5) is 11.8 Å². The molecule has 1 aromatic heterocycles. The van der Waals surface area contributed by atoms with Crippen molar-refractivity contribution in [1.29, 1.82) is 0 Å². The van der Waals surface area contributed by atoms with Crippen LogP contribution in [0.25, 0.3) is 10.8 Å². The molecular weight excluding hydrogens is 312 g/mol. The van der Waals surface area contributed by atoms with Gasteiger partial charge in [0.2, 0.25) is 5.95 Å². The number of hydrogen-bond acceptors (Lipinski definition) is 4. The summed E-state index contributed by atoms with van der Waals surface area (Å²) in [6.07, 6.45) is 4.01. The van der Waals surface area contributed by atoms with Crippen molar-refractivity contribution in [2.45, 2.75) is 25.8 Å². The number of carbonyl (C=O) groups excluding carboxylic acids is 1. The van der Waals surface area contributed by atoms with Gasteiger partial charge in [0, 0.05) is 24.3 Å². The fourth-order valence-corrected chi connectivity index (χ4v) is 2.87. The molecule has 4 rings (SSSR count). The number of benzene rings is 2. The van der Waals surface area contributed by atoms with Gasteiger partial charge in [0.05, 0.1) is 0 Å². The third-order valence-electron chi connectivity index (χ3n) is 4.39. The van der Waals surface area contributed by atoms with Gasteiger partial charge in [-0.25, -0.2) is 4.98 Å². The smallest absolute Gasteiger partial charge is 0.259 e. The highest BCUT2D eigenvalue weighted by Crippen LogP contribution is 2.24. The molecule has 0 saturated heterocycles. The third kappa shape index (κ3) is 3.31. The Balaban J connectivity index is 1.63. The Morgan fingerprint density at radius 3 is 2.72 bits per heavy atom. The predicted octanol–water partition coefficient (Wildman–Crippen LogP) is 3.87. The van der Waals surface area contributed by atoms with E-state index in [1.54, 1.807) is 17.2 Å². The molecule has 1 aliphatic rings. The zero-order valence-corrected chi connectivity index (χ0v) is 14.1. The average molecular weight is 332 g/mol. The quantitative estimate of drug-likeness (QED) is 0.770. The standard InChI is InChI=1S/C20H20N4O/c1-2-24(18-11-12-21-20(23-18)22-17-9-10-17)19(25)16-8-7-14-5-3-4-6-15(14)13-16/h3-8,11-13,17H,2,9-10H2,1H3,(H,21,22,23). The zero-order chi connectivity index (χ0) is 17.2. The van der Waals surface area contributed by atoms with Crippen LogP contribution < -0.4 is 10.2 Å². The Morgan fingerprint density at radius 1 is 1.16 bits per heavy atom. The first-order chi connectivity index (χ1) is 12.2. The van der Waals surface area contributed by atoms with Crippen LogP contribution in [-0.4, -0.2) is 28.5 Å². The maximum Gasteiger partial charge on any atom is 0.259 e. The van der Waals surface area contributed by atoms with Crippen LogP contribution in [0.15, 0.2) is 54.7 Å². The van der Waals surface area contributed by atoms with E-state index in [0.29, 0.717) is 29.9 Å². The molecular formula is C20H20N4O. The van der Waals surface area contributed by atoms with Gasteiger partial charge in [0.15, 0.2) is 0 Å². The van der Waals surface area contributed by atoms with Gasteiger partial charge in [-0.3, -0.25) is 9.69 Å². The van der Waals surface area contributed by atoms with Crippen LogP contribution in [-0.2, 0) is 0 Å². The summed E-state index contributed by atoms with van der Waals surface area (Å²) in [6.45, 7) is 2.50. The molecule has 25 heavy (non-hydrogen) atoms. The average Bonchev–Trinajstić information content (AvgIpc) is 3.46. The lowest BCUT2D eigenvalue weighted by atomic mass is 10.1. The minimum Gasteiger partial charge on any atom is -0.351 e. The normalized spacial score (nSPS) is 13.6. The van der Waals surface area contributed by atoms with E-state index in [9.17, 15) is 4.79 Å². The zero-order valence-electron chi connectivity index (χ0n) is 14.1. The van der Waals surface area contributed by atoms with Crippen LogP contribution in [0.2, 0.25) is 0 Å². The number of nitrogens with one attached hydrogen (secondary N) is 1. The number of aromatic nitrogens is 2. The number of fused-ring (bicyclic) bond motifs is 1. The molecule has 0 aliphatic heterocycles. The van der Waals surface area contributed by atoms with Gasteiger partial charge < -0.3 is 5.32 Å². The highest BCUT2D eigenvalue weighted by atomic mass is 16.2. The van der Waals surface area contributed by atoms with Gasteiger partial charge in [-0.05, 0) is 48.7 Å². The van der Waals surface area contributed by atoms with Gasteiger partial charge in [-0.15, -0.1) is 0 Å². The van der Waals surface area contributed by atoms with Crippen molar-refractivity contribution in [3.8, 4) is 0 Å². The van der Waals surface area contributed by atoms with Crippen LogP contribution in [0.5, 0.6) is 0 Å². The van der Waals surface area contributed by atoms with E-state index >= 15 is 0 Å². The second-order valence-corrected chi connectivity index (χ2v) is 6.27. The molecule has 0 bridgehead atoms. The first-order valence-corrected chi connectivity index (χ1v) is 8.65. The Kier molecular flexibility index (Phi) is 4.06. The molecule has 0 radical (unpaired) electrons. The Labute approximate surface area is 146 Å². The second kappa shape index (κ2) is 6.51. The molecule has 0 atom stereocenters. The van der Waals surface area contributed by atoms with Gasteiger partial charge in [-0.2, -0.15) is 4.98 Å². The molecule has 5 heteroatoms. The van der Waals surface area contributed by atoms with Crippen molar-refractivity contribution in [3.05, 3.63) is 60.3 Å². The summed E-state index contributed by atoms with van der Waals surface area (Å²) in [5.74, 6) is 1.16. The highest BCUT2D eigenvalue weighted by Gasteiger charge is 2.23. The Hall–Kier alpha value is -2.95. The fourth-order valence-electron chi connectivity index (χ4n) is 2.87. The minimum absolute atomic E-state index is 0.0516. The van der Waals surface area contributed by atoms with Crippen LogP contribution in [0.1, 0.15) is 30.1 Å². The first kappa shape index (κ1) is 15.6. The van der Waals surface area contributed by atoms with Gasteiger partial charge in [-0.1, -0.05) is 30.3 Å². The third-order valence-corrected chi connectivity index (χ3v) is 4.39. The number of rotatable bonds is 5. The van der Waals surface area contributed by atoms with Gasteiger partial charge >= 0.3 is 0 Å². The van der Waals surface area contributed by atoms with E-state index in [-0.39, 0.29) is 5.91 Å². The Bertz CT molecular complexity index is 920. The highest BCUT2D eigenvalue weighted by molar-refractivity contribution is 6.07. The summed E-state index contributed by atoms with van der Waals surface area (Å²) in [6, 6.07) is 16.1. The van der Waals surface area contributed by atoms with Crippen LogP contribution in [0, 0.1) is 0 Å². The van der Waals surface area contributed by atoms with E-state index in [2.05, 4.69) is 15.3 Å². The predicted molar refractivity (Wildman–Crippen MR) is 100.0 cm³/mol. The van der Waals surface area contributed by atoms with E-state index in [1.165, 1.54) is 0 Å². The molecule has 0 unspecified atom stereocenters. The fraction of sp³-hybridized carbons (Fsp3) is 0.250. The van der Waals surface area contributed by atoms with Crippen molar-refractivity contribution in [3.63, 3.8) is 0 Å². The molecule has 1 heterocycles. The van der Waals surface area contributed by atoms with E-state index < -0.39 is 0 Å². The molecule has 2 aromatic carbocycles. The van der Waals surface area contributed by atoms with Crippen molar-refractivity contribution in [2.24, 2.45) is 0 Å². The lowest BCUT2D eigenvalue weighted by Gasteiger charge is -2.20. The number of anilines is 2. The van der Waals surface area contributed by atoms with Crippen molar-refractivity contribution < 1.29 is 4.79 Å². The SMILES string of the molecule is CCN(C(=O)c1ccc2ccccc2c1)c1ccnc(NC2CC2)n1. The molecule has 1 aliphatic carbocycles. The van der Waals surface area contributed by atoms with Crippen LogP contribution in [0.3, 0.4) is 0 Å². The second-order valence-electron chi connectivity index (χ2n) is 6.27. The summed E-state index contributed by atoms with van der Waals surface area (Å²) in [7, 11) is 0. The maximum atomic E-state index is 13.0. The number of carbonyl (C=O) groups is 1. The molecule has 5 nitrogen and oxygen atoms in total. The summed E-state index contributed by atoms with van der Waals surface area (Å²) in [4.78, 5) is 23.5.